The van der Waals surface area contributed by atoms with Crippen LogP contribution in [0.3, 0.4) is 0 Å². The van der Waals surface area contributed by atoms with Crippen LogP contribution in [-0.2, 0) is 0 Å². The Hall–Kier alpha value is -0.0800. The number of nitrogens with one attached hydrogen (secondary N) is 1. The largest absolute Gasteiger partial charge is 0.312 e. The van der Waals surface area contributed by atoms with E-state index in [9.17, 15) is 0 Å². The lowest BCUT2D eigenvalue weighted by Gasteiger charge is -2.55. The molecule has 0 aromatic heterocycles. The van der Waals surface area contributed by atoms with Crippen molar-refractivity contribution in [3.8, 4) is 0 Å². The molecule has 2 nitrogen and oxygen atoms in total. The molecule has 0 aliphatic heterocycles. The van der Waals surface area contributed by atoms with Crippen LogP contribution in [0.4, 0.5) is 0 Å². The molecule has 0 radical (unpaired) electrons. The molecule has 5 fully saturated rings. The van der Waals surface area contributed by atoms with Gasteiger partial charge in [0.25, 0.3) is 0 Å². The van der Waals surface area contributed by atoms with Gasteiger partial charge in [-0.1, -0.05) is 19.3 Å². The fraction of sp³-hybridized carbons (Fsp3) is 1.00. The molecule has 4 bridgehead atoms. The zero-order chi connectivity index (χ0) is 14.4. The van der Waals surface area contributed by atoms with Gasteiger partial charge < -0.3 is 10.2 Å². The van der Waals surface area contributed by atoms with Crippen LogP contribution in [0, 0.1) is 23.7 Å². The van der Waals surface area contributed by atoms with E-state index in [4.69, 9.17) is 0 Å². The number of rotatable bonds is 4. The minimum Gasteiger partial charge on any atom is -0.312 e. The molecule has 5 rings (SSSR count). The average Bonchev–Trinajstić information content (AvgIpc) is 2.46. The van der Waals surface area contributed by atoms with Crippen molar-refractivity contribution in [2.24, 2.45) is 23.7 Å². The second-order valence-corrected chi connectivity index (χ2v) is 9.02. The van der Waals surface area contributed by atoms with Gasteiger partial charge in [0.15, 0.2) is 0 Å². The molecular weight excluding hydrogens is 256 g/mol. The van der Waals surface area contributed by atoms with Gasteiger partial charge in [-0.3, -0.25) is 0 Å². The molecule has 2 heteroatoms. The van der Waals surface area contributed by atoms with Crippen LogP contribution in [0.25, 0.3) is 0 Å². The lowest BCUT2D eigenvalue weighted by Crippen LogP contribution is -2.60. The van der Waals surface area contributed by atoms with Gasteiger partial charge in [0.2, 0.25) is 0 Å². The molecule has 0 amide bonds. The van der Waals surface area contributed by atoms with E-state index in [0.717, 1.165) is 29.7 Å². The summed E-state index contributed by atoms with van der Waals surface area (Å²) in [4.78, 5) is 2.54. The Labute approximate surface area is 131 Å². The maximum absolute atomic E-state index is 4.11. The first-order chi connectivity index (χ1) is 10.2. The highest BCUT2D eigenvalue weighted by molar-refractivity contribution is 5.03. The van der Waals surface area contributed by atoms with Crippen molar-refractivity contribution in [2.75, 3.05) is 20.6 Å². The van der Waals surface area contributed by atoms with E-state index in [-0.39, 0.29) is 0 Å². The molecule has 0 spiro atoms. The Bertz CT molecular complexity index is 342. The Balaban J connectivity index is 1.41. The van der Waals surface area contributed by atoms with E-state index < -0.39 is 0 Å². The number of hydrogen-bond acceptors (Lipinski definition) is 2. The standard InChI is InChI=1S/C19H34N2/c1-21(2)19(6-4-3-5-7-19)13-20-18-16-9-14-8-15(11-16)12-17(18)10-14/h14-18,20H,3-13H2,1-2H3. The molecule has 0 unspecified atom stereocenters. The lowest BCUT2D eigenvalue weighted by atomic mass is 9.54. The SMILES string of the molecule is CN(C)C1(CNC2C3CC4CC(C3)CC2C4)CCCCC1. The smallest absolute Gasteiger partial charge is 0.0327 e. The van der Waals surface area contributed by atoms with E-state index in [1.807, 2.05) is 0 Å². The van der Waals surface area contributed by atoms with Crippen molar-refractivity contribution in [1.29, 1.82) is 0 Å². The van der Waals surface area contributed by atoms with E-state index >= 15 is 0 Å². The van der Waals surface area contributed by atoms with Crippen LogP contribution in [0.1, 0.15) is 64.2 Å². The normalized spacial score (nSPS) is 44.4. The topological polar surface area (TPSA) is 15.3 Å². The van der Waals surface area contributed by atoms with Crippen molar-refractivity contribution in [3.63, 3.8) is 0 Å². The maximum Gasteiger partial charge on any atom is 0.0327 e. The van der Waals surface area contributed by atoms with Gasteiger partial charge in [-0.15, -0.1) is 0 Å². The van der Waals surface area contributed by atoms with Gasteiger partial charge >= 0.3 is 0 Å². The molecule has 5 aliphatic rings. The van der Waals surface area contributed by atoms with Crippen LogP contribution in [0.15, 0.2) is 0 Å². The van der Waals surface area contributed by atoms with Gasteiger partial charge in [-0.05, 0) is 82.7 Å². The summed E-state index contributed by atoms with van der Waals surface area (Å²) in [5, 5.41) is 4.11. The van der Waals surface area contributed by atoms with Crippen LogP contribution in [0.2, 0.25) is 0 Å². The highest BCUT2D eigenvalue weighted by Crippen LogP contribution is 2.53. The Morgan fingerprint density at radius 1 is 0.857 bits per heavy atom. The molecular formula is C19H34N2. The van der Waals surface area contributed by atoms with Gasteiger partial charge in [-0.2, -0.15) is 0 Å². The van der Waals surface area contributed by atoms with Gasteiger partial charge in [0, 0.05) is 18.1 Å². The summed E-state index contributed by atoms with van der Waals surface area (Å²) in [6.45, 7) is 1.24. The summed E-state index contributed by atoms with van der Waals surface area (Å²) in [5.41, 5.74) is 0.451. The Kier molecular flexibility index (Phi) is 3.82. The Morgan fingerprint density at radius 2 is 1.43 bits per heavy atom. The second-order valence-electron chi connectivity index (χ2n) is 9.02. The zero-order valence-electron chi connectivity index (χ0n) is 14.1. The molecule has 0 atom stereocenters. The fourth-order valence-corrected chi connectivity index (χ4v) is 6.56. The minimum absolute atomic E-state index is 0.451. The second kappa shape index (κ2) is 5.53. The molecule has 0 heterocycles. The minimum atomic E-state index is 0.451. The highest BCUT2D eigenvalue weighted by Gasteiger charge is 2.48. The first kappa shape index (κ1) is 14.5. The van der Waals surface area contributed by atoms with Crippen molar-refractivity contribution < 1.29 is 0 Å². The van der Waals surface area contributed by atoms with Gasteiger partial charge in [0.1, 0.15) is 0 Å². The monoisotopic (exact) mass is 290 g/mol. The maximum atomic E-state index is 4.11. The van der Waals surface area contributed by atoms with Crippen molar-refractivity contribution >= 4 is 0 Å². The number of nitrogens with zero attached hydrogens (tertiary/aromatic N) is 1. The summed E-state index contributed by atoms with van der Waals surface area (Å²) in [5.74, 6) is 4.24. The van der Waals surface area contributed by atoms with E-state index in [0.29, 0.717) is 5.54 Å². The predicted molar refractivity (Wildman–Crippen MR) is 88.3 cm³/mol. The number of likely N-dealkylation sites (N-methyl/N-ethyl adjacent to an activating group) is 1. The molecule has 0 saturated heterocycles. The average molecular weight is 290 g/mol. The van der Waals surface area contributed by atoms with Crippen molar-refractivity contribution in [1.82, 2.24) is 10.2 Å². The summed E-state index contributed by atoms with van der Waals surface area (Å²) in [7, 11) is 4.62. The van der Waals surface area contributed by atoms with Gasteiger partial charge in [-0.25, -0.2) is 0 Å². The van der Waals surface area contributed by atoms with Gasteiger partial charge in [0.05, 0.1) is 0 Å². The molecule has 120 valence electrons. The summed E-state index contributed by atoms with van der Waals surface area (Å²) in [6, 6.07) is 0.858. The van der Waals surface area contributed by atoms with Crippen LogP contribution < -0.4 is 5.32 Å². The third-order valence-electron chi connectivity index (χ3n) is 7.63. The van der Waals surface area contributed by atoms with Crippen LogP contribution >= 0.6 is 0 Å². The lowest BCUT2D eigenvalue weighted by molar-refractivity contribution is -0.0211. The summed E-state index contributed by atoms with van der Waals surface area (Å²) >= 11 is 0. The van der Waals surface area contributed by atoms with E-state index in [1.165, 1.54) is 38.6 Å². The predicted octanol–water partition coefficient (Wildman–Crippen LogP) is 3.67. The molecule has 1 N–H and O–H groups in total. The molecule has 5 saturated carbocycles. The van der Waals surface area contributed by atoms with Crippen molar-refractivity contribution in [2.45, 2.75) is 75.8 Å². The summed E-state index contributed by atoms with van der Waals surface area (Å²) < 4.78 is 0. The molecule has 5 aliphatic carbocycles. The molecule has 0 aromatic carbocycles. The van der Waals surface area contributed by atoms with E-state index in [2.05, 4.69) is 24.3 Å². The fourth-order valence-electron chi connectivity index (χ4n) is 6.56. The first-order valence-corrected chi connectivity index (χ1v) is 9.57. The summed E-state index contributed by atoms with van der Waals surface area (Å²) in [6.07, 6.45) is 14.9. The number of hydrogen-bond donors (Lipinski definition) is 1. The third kappa shape index (κ3) is 2.57. The zero-order valence-corrected chi connectivity index (χ0v) is 14.1. The van der Waals surface area contributed by atoms with E-state index in [1.54, 1.807) is 32.1 Å². The molecule has 21 heavy (non-hydrogen) atoms. The van der Waals surface area contributed by atoms with Crippen molar-refractivity contribution in [3.05, 3.63) is 0 Å². The first-order valence-electron chi connectivity index (χ1n) is 9.57. The van der Waals surface area contributed by atoms with Crippen LogP contribution in [-0.4, -0.2) is 37.1 Å². The highest BCUT2D eigenvalue weighted by atomic mass is 15.2. The van der Waals surface area contributed by atoms with Crippen LogP contribution in [0.5, 0.6) is 0 Å². The third-order valence-corrected chi connectivity index (χ3v) is 7.63. The molecule has 0 aromatic rings. The Morgan fingerprint density at radius 3 is 1.95 bits per heavy atom. The quantitative estimate of drug-likeness (QED) is 0.850.